The topological polar surface area (TPSA) is 96.8 Å². The summed E-state index contributed by atoms with van der Waals surface area (Å²) in [5.74, 6) is 1.51. The van der Waals surface area contributed by atoms with Crippen LogP contribution < -0.4 is 10.2 Å². The van der Waals surface area contributed by atoms with Gasteiger partial charge in [0.1, 0.15) is 18.2 Å². The molecule has 1 aromatic heterocycles. The molecular formula is C27H36N4O4. The second kappa shape index (κ2) is 10.5. The number of ether oxygens (including phenoxy) is 2. The number of carbonyl (C=O) groups is 1. The van der Waals surface area contributed by atoms with Gasteiger partial charge in [-0.3, -0.25) is 0 Å². The van der Waals surface area contributed by atoms with E-state index in [9.17, 15) is 9.90 Å². The normalized spacial score (nSPS) is 19.0. The summed E-state index contributed by atoms with van der Waals surface area (Å²) < 4.78 is 11.0. The standard InChI is InChI=1S/C27H32N4O4.2H2/c1-18-9-10-21-23(16-18)29-25(22-7-2-3-8-24(22)32)30-26(21)31-13-11-19(12-14-31)28-27(33)35-17-20-6-4-5-15-34-20;;/h2-3,7-10,16,19-20,32H,4-6,11-15,17H2,1H3,(H,28,33);2*1H. The zero-order valence-corrected chi connectivity index (χ0v) is 20.1. The number of alkyl carbamates (subject to hydrolysis) is 1. The minimum absolute atomic E-state index is 0. The van der Waals surface area contributed by atoms with Gasteiger partial charge in [-0.2, -0.15) is 0 Å². The number of phenols is 1. The van der Waals surface area contributed by atoms with Gasteiger partial charge < -0.3 is 24.8 Å². The Morgan fingerprint density at radius 2 is 2.00 bits per heavy atom. The Kier molecular flexibility index (Phi) is 6.99. The quantitative estimate of drug-likeness (QED) is 0.526. The van der Waals surface area contributed by atoms with Crippen LogP contribution in [0.15, 0.2) is 42.5 Å². The molecule has 2 fully saturated rings. The molecule has 5 rings (SSSR count). The molecule has 0 radical (unpaired) electrons. The van der Waals surface area contributed by atoms with E-state index in [2.05, 4.69) is 22.3 Å². The molecule has 1 unspecified atom stereocenters. The lowest BCUT2D eigenvalue weighted by Crippen LogP contribution is -2.45. The highest BCUT2D eigenvalue weighted by Gasteiger charge is 2.25. The maximum absolute atomic E-state index is 12.3. The predicted octanol–water partition coefficient (Wildman–Crippen LogP) is 5.07. The molecule has 1 amide bonds. The Balaban J connectivity index is 0.00000190. The van der Waals surface area contributed by atoms with Crippen LogP contribution in [0.25, 0.3) is 22.3 Å². The fraction of sp³-hybridized carbons (Fsp3) is 0.444. The summed E-state index contributed by atoms with van der Waals surface area (Å²) in [5.41, 5.74) is 2.57. The van der Waals surface area contributed by atoms with Gasteiger partial charge in [-0.25, -0.2) is 14.8 Å². The Bertz CT molecular complexity index is 1200. The number of aryl methyl sites for hydroxylation is 1. The van der Waals surface area contributed by atoms with Crippen molar-refractivity contribution >= 4 is 22.8 Å². The molecular weight excluding hydrogens is 444 g/mol. The molecule has 2 aromatic carbocycles. The van der Waals surface area contributed by atoms with Crippen molar-refractivity contribution in [1.29, 1.82) is 0 Å². The molecule has 3 heterocycles. The second-order valence-electron chi connectivity index (χ2n) is 9.40. The van der Waals surface area contributed by atoms with Crippen molar-refractivity contribution < 1.29 is 22.2 Å². The first-order valence-electron chi connectivity index (χ1n) is 12.4. The molecule has 188 valence electrons. The van der Waals surface area contributed by atoms with Crippen LogP contribution >= 0.6 is 0 Å². The third kappa shape index (κ3) is 5.48. The average Bonchev–Trinajstić information content (AvgIpc) is 2.88. The summed E-state index contributed by atoms with van der Waals surface area (Å²) in [6.07, 6.45) is 4.37. The number of aromatic nitrogens is 2. The van der Waals surface area contributed by atoms with E-state index < -0.39 is 0 Å². The second-order valence-corrected chi connectivity index (χ2v) is 9.40. The van der Waals surface area contributed by atoms with E-state index in [1.54, 1.807) is 12.1 Å². The summed E-state index contributed by atoms with van der Waals surface area (Å²) in [4.78, 5) is 24.2. The Hall–Kier alpha value is -3.39. The van der Waals surface area contributed by atoms with Crippen molar-refractivity contribution in [3.05, 3.63) is 48.0 Å². The Morgan fingerprint density at radius 1 is 1.17 bits per heavy atom. The number of fused-ring (bicyclic) bond motifs is 1. The van der Waals surface area contributed by atoms with Crippen LogP contribution in [-0.4, -0.2) is 59.6 Å². The highest BCUT2D eigenvalue weighted by molar-refractivity contribution is 5.92. The van der Waals surface area contributed by atoms with E-state index in [-0.39, 0.29) is 26.8 Å². The third-order valence-electron chi connectivity index (χ3n) is 6.77. The molecule has 0 saturated carbocycles. The number of anilines is 1. The number of phenolic OH excluding ortho intramolecular Hbond substituents is 1. The van der Waals surface area contributed by atoms with E-state index in [0.717, 1.165) is 74.1 Å². The molecule has 2 saturated heterocycles. The Morgan fingerprint density at radius 3 is 2.77 bits per heavy atom. The number of hydrogen-bond donors (Lipinski definition) is 2. The van der Waals surface area contributed by atoms with Crippen molar-refractivity contribution in [2.24, 2.45) is 0 Å². The van der Waals surface area contributed by atoms with E-state index in [1.807, 2.05) is 25.1 Å². The first-order valence-corrected chi connectivity index (χ1v) is 12.4. The van der Waals surface area contributed by atoms with Gasteiger partial charge in [-0.15, -0.1) is 0 Å². The number of rotatable bonds is 5. The van der Waals surface area contributed by atoms with Crippen molar-refractivity contribution in [2.75, 3.05) is 31.2 Å². The number of benzene rings is 2. The zero-order valence-electron chi connectivity index (χ0n) is 20.1. The van der Waals surface area contributed by atoms with Crippen LogP contribution in [0.3, 0.4) is 0 Å². The lowest BCUT2D eigenvalue weighted by atomic mass is 10.0. The fourth-order valence-electron chi connectivity index (χ4n) is 4.80. The molecule has 2 N–H and O–H groups in total. The number of carbonyl (C=O) groups excluding carboxylic acids is 1. The fourth-order valence-corrected chi connectivity index (χ4v) is 4.80. The molecule has 2 aliphatic rings. The van der Waals surface area contributed by atoms with Gasteiger partial charge in [0.05, 0.1) is 17.2 Å². The van der Waals surface area contributed by atoms with Gasteiger partial charge in [-0.1, -0.05) is 18.2 Å². The third-order valence-corrected chi connectivity index (χ3v) is 6.77. The number of nitrogens with one attached hydrogen (secondary N) is 1. The van der Waals surface area contributed by atoms with E-state index in [1.165, 1.54) is 0 Å². The van der Waals surface area contributed by atoms with Crippen LogP contribution in [0.5, 0.6) is 5.75 Å². The number of amides is 1. The lowest BCUT2D eigenvalue weighted by Gasteiger charge is -2.33. The Labute approximate surface area is 208 Å². The predicted molar refractivity (Wildman–Crippen MR) is 139 cm³/mol. The molecule has 2 aliphatic heterocycles. The highest BCUT2D eigenvalue weighted by atomic mass is 16.6. The minimum Gasteiger partial charge on any atom is -0.507 e. The largest absolute Gasteiger partial charge is 0.507 e. The molecule has 8 heteroatoms. The van der Waals surface area contributed by atoms with Crippen LogP contribution in [-0.2, 0) is 9.47 Å². The maximum atomic E-state index is 12.3. The number of nitrogens with zero attached hydrogens (tertiary/aromatic N) is 3. The van der Waals surface area contributed by atoms with Crippen LogP contribution in [0.2, 0.25) is 0 Å². The SMILES string of the molecule is Cc1ccc2c(N3CCC(NC(=O)OCC4CCCCO4)CC3)nc(-c3ccccc3O)nc2c1.[HH].[HH]. The van der Waals surface area contributed by atoms with Gasteiger partial charge in [0.2, 0.25) is 0 Å². The molecule has 3 aromatic rings. The van der Waals surface area contributed by atoms with E-state index in [0.29, 0.717) is 18.0 Å². The number of aromatic hydroxyl groups is 1. The summed E-state index contributed by atoms with van der Waals surface area (Å²) >= 11 is 0. The number of para-hydroxylation sites is 1. The van der Waals surface area contributed by atoms with Crippen molar-refractivity contribution in [3.63, 3.8) is 0 Å². The first-order chi connectivity index (χ1) is 17.1. The van der Waals surface area contributed by atoms with Crippen LogP contribution in [0.4, 0.5) is 10.6 Å². The summed E-state index contributed by atoms with van der Waals surface area (Å²) in [6.45, 7) is 4.59. The molecule has 35 heavy (non-hydrogen) atoms. The van der Waals surface area contributed by atoms with Gasteiger partial charge in [-0.05, 0) is 68.9 Å². The number of hydrogen-bond acceptors (Lipinski definition) is 7. The lowest BCUT2D eigenvalue weighted by molar-refractivity contribution is -0.0228. The summed E-state index contributed by atoms with van der Waals surface area (Å²) in [6, 6.07) is 13.4. The van der Waals surface area contributed by atoms with Crippen molar-refractivity contribution in [2.45, 2.75) is 51.2 Å². The van der Waals surface area contributed by atoms with Crippen molar-refractivity contribution in [1.82, 2.24) is 15.3 Å². The first kappa shape index (κ1) is 23.4. The molecule has 1 atom stereocenters. The van der Waals surface area contributed by atoms with E-state index in [4.69, 9.17) is 19.4 Å². The zero-order chi connectivity index (χ0) is 24.2. The summed E-state index contributed by atoms with van der Waals surface area (Å²) in [7, 11) is 0. The van der Waals surface area contributed by atoms with E-state index >= 15 is 0 Å². The molecule has 8 nitrogen and oxygen atoms in total. The summed E-state index contributed by atoms with van der Waals surface area (Å²) in [5, 5.41) is 14.4. The van der Waals surface area contributed by atoms with Gasteiger partial charge in [0, 0.05) is 34.0 Å². The molecule has 0 aliphatic carbocycles. The van der Waals surface area contributed by atoms with Crippen LogP contribution in [0.1, 0.15) is 40.5 Å². The molecule has 0 spiro atoms. The van der Waals surface area contributed by atoms with Gasteiger partial charge in [0.25, 0.3) is 0 Å². The van der Waals surface area contributed by atoms with Crippen LogP contribution in [0, 0.1) is 6.92 Å². The van der Waals surface area contributed by atoms with Crippen molar-refractivity contribution in [3.8, 4) is 17.1 Å². The average molecular weight is 481 g/mol. The van der Waals surface area contributed by atoms with Gasteiger partial charge in [0.15, 0.2) is 5.82 Å². The van der Waals surface area contributed by atoms with Gasteiger partial charge >= 0.3 is 6.09 Å². The monoisotopic (exact) mass is 480 g/mol. The molecule has 0 bridgehead atoms. The number of piperidine rings is 1. The minimum atomic E-state index is -0.373. The smallest absolute Gasteiger partial charge is 0.407 e. The highest BCUT2D eigenvalue weighted by Crippen LogP contribution is 2.33. The maximum Gasteiger partial charge on any atom is 0.407 e.